The fraction of sp³-hybridized carbons (Fsp3) is 0.269. The first-order valence-electron chi connectivity index (χ1n) is 11.7. The topological polar surface area (TPSA) is 113 Å². The molecule has 0 saturated carbocycles. The lowest BCUT2D eigenvalue weighted by atomic mass is 10.2. The molecule has 11 nitrogen and oxygen atoms in total. The summed E-state index contributed by atoms with van der Waals surface area (Å²) < 4.78 is 7.58. The summed E-state index contributed by atoms with van der Waals surface area (Å²) in [5.74, 6) is 1.04. The first-order valence-corrected chi connectivity index (χ1v) is 11.7. The highest BCUT2D eigenvalue weighted by atomic mass is 16.5. The van der Waals surface area contributed by atoms with Crippen LogP contribution in [0.4, 0.5) is 23.0 Å². The van der Waals surface area contributed by atoms with Crippen LogP contribution in [0.1, 0.15) is 5.56 Å². The average Bonchev–Trinajstić information content (AvgIpc) is 3.24. The van der Waals surface area contributed by atoms with Crippen LogP contribution >= 0.6 is 0 Å². The van der Waals surface area contributed by atoms with Gasteiger partial charge in [-0.05, 0) is 44.8 Å². The number of anilines is 4. The van der Waals surface area contributed by atoms with Gasteiger partial charge in [-0.1, -0.05) is 6.58 Å². The summed E-state index contributed by atoms with van der Waals surface area (Å²) in [5.41, 5.74) is 4.00. The third kappa shape index (κ3) is 5.67. The van der Waals surface area contributed by atoms with Crippen LogP contribution < -0.4 is 20.3 Å². The van der Waals surface area contributed by atoms with Crippen LogP contribution in [-0.4, -0.2) is 76.7 Å². The third-order valence-corrected chi connectivity index (χ3v) is 5.88. The number of ether oxygens (including phenoxy) is 1. The van der Waals surface area contributed by atoms with Crippen LogP contribution in [0.2, 0.25) is 0 Å². The molecule has 37 heavy (non-hydrogen) atoms. The fourth-order valence-electron chi connectivity index (χ4n) is 3.89. The number of pyridine rings is 1. The SMILES string of the molecule is C=CC(=O)Nc1cc(Nc2ncnc(-n3cc(C)c4cnccc43)n2)c(OC)cc1N(C)CCN(C)C. The smallest absolute Gasteiger partial charge is 0.247 e. The van der Waals surface area contributed by atoms with Crippen molar-refractivity contribution in [3.63, 3.8) is 0 Å². The van der Waals surface area contributed by atoms with Crippen LogP contribution in [0.5, 0.6) is 5.75 Å². The van der Waals surface area contributed by atoms with Gasteiger partial charge in [0, 0.05) is 50.2 Å². The molecule has 2 N–H and O–H groups in total. The summed E-state index contributed by atoms with van der Waals surface area (Å²) in [6.07, 6.45) is 8.21. The Morgan fingerprint density at radius 3 is 2.73 bits per heavy atom. The molecule has 0 radical (unpaired) electrons. The van der Waals surface area contributed by atoms with E-state index in [0.29, 0.717) is 29.0 Å². The van der Waals surface area contributed by atoms with Crippen LogP contribution in [-0.2, 0) is 4.79 Å². The molecule has 0 aliphatic rings. The van der Waals surface area contributed by atoms with E-state index >= 15 is 0 Å². The van der Waals surface area contributed by atoms with Gasteiger partial charge in [-0.3, -0.25) is 14.3 Å². The zero-order chi connectivity index (χ0) is 26.5. The van der Waals surface area contributed by atoms with Gasteiger partial charge in [-0.2, -0.15) is 4.98 Å². The van der Waals surface area contributed by atoms with Crippen molar-refractivity contribution in [2.24, 2.45) is 0 Å². The molecule has 0 atom stereocenters. The largest absolute Gasteiger partial charge is 0.494 e. The summed E-state index contributed by atoms with van der Waals surface area (Å²) in [6, 6.07) is 5.59. The number of nitrogens with zero attached hydrogens (tertiary/aromatic N) is 7. The number of fused-ring (bicyclic) bond motifs is 1. The third-order valence-electron chi connectivity index (χ3n) is 5.88. The number of rotatable bonds is 10. The Morgan fingerprint density at radius 2 is 2.00 bits per heavy atom. The van der Waals surface area contributed by atoms with Crippen molar-refractivity contribution in [1.29, 1.82) is 0 Å². The molecule has 0 aliphatic carbocycles. The number of hydrogen-bond donors (Lipinski definition) is 2. The van der Waals surface area contributed by atoms with Crippen molar-refractivity contribution < 1.29 is 9.53 Å². The minimum Gasteiger partial charge on any atom is -0.494 e. The van der Waals surface area contributed by atoms with Crippen LogP contribution in [0.15, 0.2) is 55.8 Å². The van der Waals surface area contributed by atoms with Gasteiger partial charge in [0.15, 0.2) is 0 Å². The van der Waals surface area contributed by atoms with Gasteiger partial charge >= 0.3 is 0 Å². The van der Waals surface area contributed by atoms with Crippen molar-refractivity contribution in [2.75, 3.05) is 56.9 Å². The molecule has 192 valence electrons. The first-order chi connectivity index (χ1) is 17.8. The second kappa shape index (κ2) is 11.0. The van der Waals surface area contributed by atoms with Crippen LogP contribution in [0.3, 0.4) is 0 Å². The van der Waals surface area contributed by atoms with Crippen LogP contribution in [0.25, 0.3) is 16.9 Å². The number of aryl methyl sites for hydroxylation is 1. The van der Waals surface area contributed by atoms with Gasteiger partial charge in [-0.25, -0.2) is 9.97 Å². The summed E-state index contributed by atoms with van der Waals surface area (Å²) >= 11 is 0. The maximum absolute atomic E-state index is 12.2. The predicted octanol–water partition coefficient (Wildman–Crippen LogP) is 3.39. The molecular formula is C26H31N9O2. The molecule has 3 aromatic heterocycles. The predicted molar refractivity (Wildman–Crippen MR) is 146 cm³/mol. The molecule has 0 fully saturated rings. The highest BCUT2D eigenvalue weighted by molar-refractivity contribution is 6.02. The van der Waals surface area contributed by atoms with E-state index in [2.05, 4.69) is 46.9 Å². The Bertz CT molecular complexity index is 1430. The van der Waals surface area contributed by atoms with Gasteiger partial charge in [0.2, 0.25) is 17.8 Å². The van der Waals surface area contributed by atoms with E-state index in [0.717, 1.165) is 35.2 Å². The zero-order valence-electron chi connectivity index (χ0n) is 21.7. The lowest BCUT2D eigenvalue weighted by molar-refractivity contribution is -0.111. The van der Waals surface area contributed by atoms with E-state index in [9.17, 15) is 4.79 Å². The number of aromatic nitrogens is 5. The van der Waals surface area contributed by atoms with Crippen molar-refractivity contribution in [1.82, 2.24) is 29.4 Å². The number of carbonyl (C=O) groups excluding carboxylic acids is 1. The number of nitrogens with one attached hydrogen (secondary N) is 2. The zero-order valence-corrected chi connectivity index (χ0v) is 21.7. The van der Waals surface area contributed by atoms with Gasteiger partial charge in [0.05, 0.1) is 29.7 Å². The first kappa shape index (κ1) is 25.6. The molecule has 1 amide bonds. The Morgan fingerprint density at radius 1 is 1.19 bits per heavy atom. The fourth-order valence-corrected chi connectivity index (χ4v) is 3.89. The average molecular weight is 502 g/mol. The number of amides is 1. The summed E-state index contributed by atoms with van der Waals surface area (Å²) in [5, 5.41) is 7.14. The molecule has 11 heteroatoms. The Labute approximate surface area is 215 Å². The van der Waals surface area contributed by atoms with E-state index in [1.807, 2.05) is 57.2 Å². The maximum atomic E-state index is 12.2. The number of hydrogen-bond acceptors (Lipinski definition) is 9. The number of benzene rings is 1. The van der Waals surface area contributed by atoms with E-state index < -0.39 is 0 Å². The molecule has 0 unspecified atom stereocenters. The molecule has 3 heterocycles. The normalized spacial score (nSPS) is 11.0. The summed E-state index contributed by atoms with van der Waals surface area (Å²) in [7, 11) is 7.58. The second-order valence-electron chi connectivity index (χ2n) is 8.80. The molecule has 0 spiro atoms. The molecule has 0 saturated heterocycles. The molecular weight excluding hydrogens is 470 g/mol. The summed E-state index contributed by atoms with van der Waals surface area (Å²) in [4.78, 5) is 33.9. The Kier molecular flexibility index (Phi) is 7.63. The highest BCUT2D eigenvalue weighted by Gasteiger charge is 2.17. The Hall–Kier alpha value is -4.51. The quantitative estimate of drug-likeness (QED) is 0.316. The van der Waals surface area contributed by atoms with Crippen molar-refractivity contribution in [3.8, 4) is 11.7 Å². The molecule has 4 aromatic rings. The second-order valence-corrected chi connectivity index (χ2v) is 8.80. The number of likely N-dealkylation sites (N-methyl/N-ethyl adjacent to an activating group) is 2. The lowest BCUT2D eigenvalue weighted by Gasteiger charge is -2.26. The number of carbonyl (C=O) groups is 1. The van der Waals surface area contributed by atoms with Crippen molar-refractivity contribution >= 4 is 39.8 Å². The van der Waals surface area contributed by atoms with Gasteiger partial charge in [0.1, 0.15) is 12.1 Å². The maximum Gasteiger partial charge on any atom is 0.247 e. The van der Waals surface area contributed by atoms with Crippen molar-refractivity contribution in [2.45, 2.75) is 6.92 Å². The summed E-state index contributed by atoms with van der Waals surface area (Å²) in [6.45, 7) is 7.17. The monoisotopic (exact) mass is 501 g/mol. The minimum absolute atomic E-state index is 0.315. The minimum atomic E-state index is -0.315. The standard InChI is InChI=1S/C26H31N9O2/c1-7-24(36)30-19-12-20(23(37-6)13-22(19)34(5)11-10-33(3)4)31-25-28-16-29-26(32-25)35-15-17(2)18-14-27-9-8-21(18)35/h7-9,12-16H,1,10-11H2,2-6H3,(H,30,36)(H,28,29,31,32). The highest BCUT2D eigenvalue weighted by Crippen LogP contribution is 2.38. The Balaban J connectivity index is 1.71. The molecule has 4 rings (SSSR count). The van der Waals surface area contributed by atoms with E-state index in [1.54, 1.807) is 19.4 Å². The van der Waals surface area contributed by atoms with E-state index in [-0.39, 0.29) is 5.91 Å². The van der Waals surface area contributed by atoms with Gasteiger partial charge in [0.25, 0.3) is 0 Å². The molecule has 0 bridgehead atoms. The van der Waals surface area contributed by atoms with Gasteiger partial charge < -0.3 is 25.2 Å². The lowest BCUT2D eigenvalue weighted by Crippen LogP contribution is -2.29. The van der Waals surface area contributed by atoms with Crippen molar-refractivity contribution in [3.05, 3.63) is 61.3 Å². The molecule has 0 aliphatic heterocycles. The van der Waals surface area contributed by atoms with E-state index in [4.69, 9.17) is 4.74 Å². The van der Waals surface area contributed by atoms with E-state index in [1.165, 1.54) is 12.4 Å². The van der Waals surface area contributed by atoms with Gasteiger partial charge in [-0.15, -0.1) is 0 Å². The molecule has 1 aromatic carbocycles. The number of methoxy groups -OCH3 is 1. The van der Waals surface area contributed by atoms with Crippen LogP contribution in [0, 0.1) is 6.92 Å².